The number of hydrogen-bond donors (Lipinski definition) is 1. The summed E-state index contributed by atoms with van der Waals surface area (Å²) in [5.74, 6) is 0.921. The molecule has 1 aliphatic heterocycles. The van der Waals surface area contributed by atoms with Crippen molar-refractivity contribution in [3.63, 3.8) is 0 Å². The quantitative estimate of drug-likeness (QED) is 0.727. The Kier molecular flexibility index (Phi) is 4.52. The van der Waals surface area contributed by atoms with Crippen molar-refractivity contribution in [3.8, 4) is 0 Å². The molecule has 0 bridgehead atoms. The van der Waals surface area contributed by atoms with Gasteiger partial charge in [-0.05, 0) is 39.5 Å². The Labute approximate surface area is 92.0 Å². The van der Waals surface area contributed by atoms with E-state index in [0.29, 0.717) is 0 Å². The Hall–Kier alpha value is 0.0500. The predicted octanol–water partition coefficient (Wildman–Crippen LogP) is 3.38. The van der Waals surface area contributed by atoms with Crippen LogP contribution in [0.4, 0.5) is 0 Å². The summed E-state index contributed by atoms with van der Waals surface area (Å²) in [7, 11) is 0. The average Bonchev–Trinajstić information content (AvgIpc) is 2.10. The van der Waals surface area contributed by atoms with Crippen LogP contribution in [0.2, 0.25) is 0 Å². The average molecular weight is 214 g/mol. The molecular weight excluding hydrogens is 192 g/mol. The summed E-state index contributed by atoms with van der Waals surface area (Å²) in [5, 5.41) is 11.0. The van der Waals surface area contributed by atoms with Gasteiger partial charge in [0.05, 0.1) is 5.60 Å². The maximum absolute atomic E-state index is 10.3. The van der Waals surface area contributed by atoms with E-state index >= 15 is 0 Å². The third-order valence-electron chi connectivity index (χ3n) is 2.82. The molecule has 0 spiro atoms. The number of hydrogen-bond acceptors (Lipinski definition) is 2. The maximum Gasteiger partial charge on any atom is 0.0741 e. The topological polar surface area (TPSA) is 20.2 Å². The summed E-state index contributed by atoms with van der Waals surface area (Å²) in [6.07, 6.45) is 6.32. The first kappa shape index (κ1) is 12.1. The van der Waals surface area contributed by atoms with Gasteiger partial charge in [-0.25, -0.2) is 0 Å². The van der Waals surface area contributed by atoms with E-state index in [-0.39, 0.29) is 5.60 Å². The summed E-state index contributed by atoms with van der Waals surface area (Å²) in [5.41, 5.74) is 0.966. The third kappa shape index (κ3) is 4.05. The van der Waals surface area contributed by atoms with Crippen LogP contribution in [0.1, 0.15) is 46.5 Å². The minimum absolute atomic E-state index is 0.386. The minimum atomic E-state index is -0.386. The molecule has 14 heavy (non-hydrogen) atoms. The van der Waals surface area contributed by atoms with Crippen molar-refractivity contribution in [2.75, 3.05) is 5.75 Å². The lowest BCUT2D eigenvalue weighted by molar-refractivity contribution is 0.0424. The van der Waals surface area contributed by atoms with E-state index in [1.807, 2.05) is 11.8 Å². The van der Waals surface area contributed by atoms with E-state index in [2.05, 4.69) is 26.8 Å². The highest BCUT2D eigenvalue weighted by molar-refractivity contribution is 8.00. The lowest BCUT2D eigenvalue weighted by Gasteiger charge is -2.34. The number of thioether (sulfide) groups is 1. The van der Waals surface area contributed by atoms with Gasteiger partial charge < -0.3 is 5.11 Å². The van der Waals surface area contributed by atoms with Crippen LogP contribution < -0.4 is 0 Å². The number of allylic oxidation sites excluding steroid dienone is 2. The van der Waals surface area contributed by atoms with Gasteiger partial charge in [-0.15, -0.1) is 0 Å². The Morgan fingerprint density at radius 1 is 1.57 bits per heavy atom. The van der Waals surface area contributed by atoms with Crippen molar-refractivity contribution in [1.29, 1.82) is 0 Å². The fourth-order valence-corrected chi connectivity index (χ4v) is 2.92. The number of rotatable bonds is 3. The second-order valence-electron chi connectivity index (χ2n) is 4.70. The lowest BCUT2D eigenvalue weighted by atomic mass is 9.92. The molecule has 0 aliphatic carbocycles. The molecule has 1 aliphatic rings. The molecule has 1 rings (SSSR count). The minimum Gasteiger partial charge on any atom is -0.389 e. The summed E-state index contributed by atoms with van der Waals surface area (Å²) in [4.78, 5) is 0. The molecule has 82 valence electrons. The van der Waals surface area contributed by atoms with E-state index in [9.17, 15) is 5.11 Å². The normalized spacial score (nSPS) is 32.7. The third-order valence-corrected chi connectivity index (χ3v) is 4.32. The Balaban J connectivity index is 2.32. The van der Waals surface area contributed by atoms with Gasteiger partial charge in [0.2, 0.25) is 0 Å². The van der Waals surface area contributed by atoms with Crippen LogP contribution in [-0.4, -0.2) is 21.7 Å². The standard InChI is InChI=1S/C12H22OS/c1-10(2)5-4-7-12(13)8-6-11(3)14-9-12/h5,11,13H,4,6-9H2,1-3H3. The van der Waals surface area contributed by atoms with Crippen LogP contribution in [0.15, 0.2) is 11.6 Å². The first-order valence-electron chi connectivity index (χ1n) is 5.49. The van der Waals surface area contributed by atoms with Gasteiger partial charge in [0.15, 0.2) is 0 Å². The zero-order chi connectivity index (χ0) is 10.6. The molecule has 0 saturated carbocycles. The van der Waals surface area contributed by atoms with Crippen LogP contribution in [0.25, 0.3) is 0 Å². The molecule has 2 unspecified atom stereocenters. The Bertz CT molecular complexity index is 198. The van der Waals surface area contributed by atoms with E-state index in [1.165, 1.54) is 5.57 Å². The van der Waals surface area contributed by atoms with Crippen LogP contribution in [0.3, 0.4) is 0 Å². The first-order valence-corrected chi connectivity index (χ1v) is 6.54. The molecule has 0 aromatic heterocycles. The van der Waals surface area contributed by atoms with Crippen molar-refractivity contribution in [2.24, 2.45) is 0 Å². The van der Waals surface area contributed by atoms with Gasteiger partial charge in [0, 0.05) is 11.0 Å². The number of aliphatic hydroxyl groups is 1. The SMILES string of the molecule is CC(C)=CCCC1(O)CCC(C)SC1. The largest absolute Gasteiger partial charge is 0.389 e. The van der Waals surface area contributed by atoms with Crippen molar-refractivity contribution in [1.82, 2.24) is 0 Å². The summed E-state index contributed by atoms with van der Waals surface area (Å²) in [6.45, 7) is 6.48. The van der Waals surface area contributed by atoms with Crippen LogP contribution in [0.5, 0.6) is 0 Å². The van der Waals surface area contributed by atoms with Gasteiger partial charge in [-0.3, -0.25) is 0 Å². The molecule has 0 aromatic rings. The fourth-order valence-electron chi connectivity index (χ4n) is 1.75. The lowest BCUT2D eigenvalue weighted by Crippen LogP contribution is -2.36. The molecular formula is C12H22OS. The Morgan fingerprint density at radius 2 is 2.29 bits per heavy atom. The summed E-state index contributed by atoms with van der Waals surface area (Å²) >= 11 is 1.91. The smallest absolute Gasteiger partial charge is 0.0741 e. The molecule has 1 fully saturated rings. The van der Waals surface area contributed by atoms with Crippen LogP contribution in [0, 0.1) is 0 Å². The van der Waals surface area contributed by atoms with Gasteiger partial charge in [-0.1, -0.05) is 18.6 Å². The van der Waals surface area contributed by atoms with Crippen LogP contribution >= 0.6 is 11.8 Å². The highest BCUT2D eigenvalue weighted by Gasteiger charge is 2.31. The van der Waals surface area contributed by atoms with Gasteiger partial charge in [-0.2, -0.15) is 11.8 Å². The molecule has 2 heteroatoms. The maximum atomic E-state index is 10.3. The predicted molar refractivity (Wildman–Crippen MR) is 64.8 cm³/mol. The van der Waals surface area contributed by atoms with Crippen molar-refractivity contribution < 1.29 is 5.11 Å². The molecule has 0 radical (unpaired) electrons. The first-order chi connectivity index (χ1) is 6.52. The monoisotopic (exact) mass is 214 g/mol. The summed E-state index contributed by atoms with van der Waals surface area (Å²) in [6, 6.07) is 0. The van der Waals surface area contributed by atoms with E-state index in [0.717, 1.165) is 36.7 Å². The molecule has 0 aromatic carbocycles. The van der Waals surface area contributed by atoms with E-state index in [1.54, 1.807) is 0 Å². The molecule has 1 nitrogen and oxygen atoms in total. The second kappa shape index (κ2) is 5.22. The van der Waals surface area contributed by atoms with E-state index < -0.39 is 0 Å². The van der Waals surface area contributed by atoms with Gasteiger partial charge >= 0.3 is 0 Å². The molecule has 2 atom stereocenters. The van der Waals surface area contributed by atoms with Gasteiger partial charge in [0.25, 0.3) is 0 Å². The molecule has 1 saturated heterocycles. The summed E-state index contributed by atoms with van der Waals surface area (Å²) < 4.78 is 0. The molecule has 1 heterocycles. The van der Waals surface area contributed by atoms with Gasteiger partial charge in [0.1, 0.15) is 0 Å². The van der Waals surface area contributed by atoms with Crippen molar-refractivity contribution >= 4 is 11.8 Å². The zero-order valence-electron chi connectivity index (χ0n) is 9.55. The van der Waals surface area contributed by atoms with Crippen molar-refractivity contribution in [3.05, 3.63) is 11.6 Å². The highest BCUT2D eigenvalue weighted by atomic mass is 32.2. The molecule has 0 amide bonds. The fraction of sp³-hybridized carbons (Fsp3) is 0.833. The highest BCUT2D eigenvalue weighted by Crippen LogP contribution is 2.34. The Morgan fingerprint density at radius 3 is 2.79 bits per heavy atom. The van der Waals surface area contributed by atoms with Crippen LogP contribution in [-0.2, 0) is 0 Å². The van der Waals surface area contributed by atoms with Crippen molar-refractivity contribution in [2.45, 2.75) is 57.3 Å². The second-order valence-corrected chi connectivity index (χ2v) is 6.13. The molecule has 1 N–H and O–H groups in total. The van der Waals surface area contributed by atoms with E-state index in [4.69, 9.17) is 0 Å². The zero-order valence-corrected chi connectivity index (χ0v) is 10.4.